The molecule has 4 heteroatoms. The van der Waals surface area contributed by atoms with E-state index < -0.39 is 0 Å². The van der Waals surface area contributed by atoms with E-state index >= 15 is 0 Å². The molecular formula is C15H23NO3. The molecule has 0 aliphatic carbocycles. The number of hydrogen-bond donors (Lipinski definition) is 2. The van der Waals surface area contributed by atoms with Crippen molar-refractivity contribution in [3.8, 4) is 5.75 Å². The maximum Gasteiger partial charge on any atom is 0.251 e. The molecule has 1 aromatic rings. The lowest BCUT2D eigenvalue weighted by Crippen LogP contribution is -2.33. The van der Waals surface area contributed by atoms with Crippen molar-refractivity contribution in [3.63, 3.8) is 0 Å². The van der Waals surface area contributed by atoms with Crippen LogP contribution in [-0.4, -0.2) is 30.3 Å². The zero-order valence-electron chi connectivity index (χ0n) is 11.8. The number of aliphatic hydroxyl groups is 1. The standard InChI is InChI=1S/C15H23NO3/c1-11(2)10-19-14-6-4-5-13(9-14)15(18)16-12(3)7-8-17/h4-6,9,11-12,17H,7-8,10H2,1-3H3,(H,16,18). The van der Waals surface area contributed by atoms with Gasteiger partial charge in [0.05, 0.1) is 6.61 Å². The first-order valence-corrected chi connectivity index (χ1v) is 6.67. The molecule has 0 spiro atoms. The van der Waals surface area contributed by atoms with Gasteiger partial charge in [-0.05, 0) is 37.5 Å². The van der Waals surface area contributed by atoms with E-state index in [9.17, 15) is 4.79 Å². The van der Waals surface area contributed by atoms with Crippen LogP contribution in [0.5, 0.6) is 5.75 Å². The summed E-state index contributed by atoms with van der Waals surface area (Å²) in [5.41, 5.74) is 0.575. The van der Waals surface area contributed by atoms with Crippen LogP contribution in [-0.2, 0) is 0 Å². The molecule has 0 bridgehead atoms. The summed E-state index contributed by atoms with van der Waals surface area (Å²) in [6.07, 6.45) is 0.551. The molecule has 2 N–H and O–H groups in total. The minimum absolute atomic E-state index is 0.0438. The van der Waals surface area contributed by atoms with E-state index in [1.807, 2.05) is 13.0 Å². The molecule has 0 saturated carbocycles. The largest absolute Gasteiger partial charge is 0.493 e. The summed E-state index contributed by atoms with van der Waals surface area (Å²) < 4.78 is 5.59. The predicted molar refractivity (Wildman–Crippen MR) is 75.4 cm³/mol. The van der Waals surface area contributed by atoms with Crippen molar-refractivity contribution in [1.29, 1.82) is 0 Å². The van der Waals surface area contributed by atoms with Gasteiger partial charge in [-0.25, -0.2) is 0 Å². The third kappa shape index (κ3) is 5.75. The summed E-state index contributed by atoms with van der Waals surface area (Å²) in [6.45, 7) is 6.72. The maximum absolute atomic E-state index is 12.0. The monoisotopic (exact) mass is 265 g/mol. The number of rotatable bonds is 7. The van der Waals surface area contributed by atoms with E-state index in [0.717, 1.165) is 0 Å². The second-order valence-corrected chi connectivity index (χ2v) is 5.12. The number of carbonyl (C=O) groups is 1. The van der Waals surface area contributed by atoms with E-state index in [1.165, 1.54) is 0 Å². The maximum atomic E-state index is 12.0. The third-order valence-corrected chi connectivity index (χ3v) is 2.62. The Bertz CT molecular complexity index is 404. The van der Waals surface area contributed by atoms with Gasteiger partial charge in [0, 0.05) is 18.2 Å². The molecule has 0 aliphatic rings. The highest BCUT2D eigenvalue weighted by atomic mass is 16.5. The summed E-state index contributed by atoms with van der Waals surface area (Å²) in [7, 11) is 0. The second kappa shape index (κ2) is 7.79. The van der Waals surface area contributed by atoms with E-state index in [-0.39, 0.29) is 18.6 Å². The Labute approximate surface area is 114 Å². The predicted octanol–water partition coefficient (Wildman–Crippen LogP) is 2.22. The molecule has 1 amide bonds. The van der Waals surface area contributed by atoms with Crippen LogP contribution in [0.25, 0.3) is 0 Å². The Morgan fingerprint density at radius 1 is 1.37 bits per heavy atom. The highest BCUT2D eigenvalue weighted by Gasteiger charge is 2.10. The molecule has 1 aromatic carbocycles. The van der Waals surface area contributed by atoms with Crippen molar-refractivity contribution in [2.45, 2.75) is 33.2 Å². The van der Waals surface area contributed by atoms with E-state index in [2.05, 4.69) is 19.2 Å². The van der Waals surface area contributed by atoms with Crippen molar-refractivity contribution >= 4 is 5.91 Å². The van der Waals surface area contributed by atoms with Crippen LogP contribution in [0.4, 0.5) is 0 Å². The molecule has 0 fully saturated rings. The van der Waals surface area contributed by atoms with Crippen LogP contribution in [0.1, 0.15) is 37.6 Å². The van der Waals surface area contributed by atoms with Gasteiger partial charge < -0.3 is 15.2 Å². The van der Waals surface area contributed by atoms with Gasteiger partial charge in [0.1, 0.15) is 5.75 Å². The van der Waals surface area contributed by atoms with Crippen LogP contribution >= 0.6 is 0 Å². The molecule has 0 saturated heterocycles. The van der Waals surface area contributed by atoms with Gasteiger partial charge in [-0.15, -0.1) is 0 Å². The molecule has 19 heavy (non-hydrogen) atoms. The summed E-state index contributed by atoms with van der Waals surface area (Å²) in [5.74, 6) is 1.01. The smallest absolute Gasteiger partial charge is 0.251 e. The first kappa shape index (κ1) is 15.5. The Kier molecular flexibility index (Phi) is 6.36. The lowest BCUT2D eigenvalue weighted by Gasteiger charge is -2.13. The average Bonchev–Trinajstić information content (AvgIpc) is 2.37. The minimum atomic E-state index is -0.143. The van der Waals surface area contributed by atoms with Gasteiger partial charge in [-0.3, -0.25) is 4.79 Å². The number of ether oxygens (including phenoxy) is 1. The SMILES string of the molecule is CC(C)COc1cccc(C(=O)NC(C)CCO)c1. The summed E-state index contributed by atoms with van der Waals surface area (Å²) in [5, 5.41) is 11.6. The zero-order chi connectivity index (χ0) is 14.3. The lowest BCUT2D eigenvalue weighted by atomic mass is 10.1. The molecule has 4 nitrogen and oxygen atoms in total. The molecule has 0 aromatic heterocycles. The zero-order valence-corrected chi connectivity index (χ0v) is 11.8. The number of hydrogen-bond acceptors (Lipinski definition) is 3. The van der Waals surface area contributed by atoms with Crippen molar-refractivity contribution in [3.05, 3.63) is 29.8 Å². The van der Waals surface area contributed by atoms with Gasteiger partial charge in [-0.2, -0.15) is 0 Å². The van der Waals surface area contributed by atoms with Gasteiger partial charge in [-0.1, -0.05) is 19.9 Å². The fraction of sp³-hybridized carbons (Fsp3) is 0.533. The molecule has 106 valence electrons. The summed E-state index contributed by atoms with van der Waals surface area (Å²) >= 11 is 0. The van der Waals surface area contributed by atoms with Crippen LogP contribution < -0.4 is 10.1 Å². The second-order valence-electron chi connectivity index (χ2n) is 5.12. The first-order chi connectivity index (χ1) is 9.02. The summed E-state index contributed by atoms with van der Waals surface area (Å²) in [6, 6.07) is 7.10. The van der Waals surface area contributed by atoms with E-state index in [4.69, 9.17) is 9.84 Å². The van der Waals surface area contributed by atoms with Crippen molar-refractivity contribution in [2.24, 2.45) is 5.92 Å². The fourth-order valence-corrected chi connectivity index (χ4v) is 1.56. The molecule has 1 rings (SSSR count). The van der Waals surface area contributed by atoms with Crippen LogP contribution in [0.2, 0.25) is 0 Å². The molecule has 0 heterocycles. The number of carbonyl (C=O) groups excluding carboxylic acids is 1. The summed E-state index contributed by atoms with van der Waals surface area (Å²) in [4.78, 5) is 12.0. The average molecular weight is 265 g/mol. The molecule has 1 unspecified atom stereocenters. The minimum Gasteiger partial charge on any atom is -0.493 e. The van der Waals surface area contributed by atoms with E-state index in [1.54, 1.807) is 18.2 Å². The molecule has 1 atom stereocenters. The topological polar surface area (TPSA) is 58.6 Å². The Morgan fingerprint density at radius 2 is 2.11 bits per heavy atom. The van der Waals surface area contributed by atoms with Crippen molar-refractivity contribution < 1.29 is 14.6 Å². The highest BCUT2D eigenvalue weighted by molar-refractivity contribution is 5.94. The van der Waals surface area contributed by atoms with Crippen molar-refractivity contribution in [1.82, 2.24) is 5.32 Å². The van der Waals surface area contributed by atoms with Crippen molar-refractivity contribution in [2.75, 3.05) is 13.2 Å². The van der Waals surface area contributed by atoms with Gasteiger partial charge in [0.2, 0.25) is 0 Å². The van der Waals surface area contributed by atoms with E-state index in [0.29, 0.717) is 30.3 Å². The Balaban J connectivity index is 2.62. The van der Waals surface area contributed by atoms with Crippen LogP contribution in [0.15, 0.2) is 24.3 Å². The number of benzene rings is 1. The number of nitrogens with one attached hydrogen (secondary N) is 1. The fourth-order valence-electron chi connectivity index (χ4n) is 1.56. The quantitative estimate of drug-likeness (QED) is 0.794. The highest BCUT2D eigenvalue weighted by Crippen LogP contribution is 2.14. The molecule has 0 radical (unpaired) electrons. The lowest BCUT2D eigenvalue weighted by molar-refractivity contribution is 0.0934. The Hall–Kier alpha value is -1.55. The molecule has 0 aliphatic heterocycles. The number of aliphatic hydroxyl groups excluding tert-OH is 1. The van der Waals surface area contributed by atoms with Crippen LogP contribution in [0, 0.1) is 5.92 Å². The van der Waals surface area contributed by atoms with Gasteiger partial charge in [0.25, 0.3) is 5.91 Å². The number of amides is 1. The van der Waals surface area contributed by atoms with Gasteiger partial charge >= 0.3 is 0 Å². The third-order valence-electron chi connectivity index (χ3n) is 2.62. The van der Waals surface area contributed by atoms with Gasteiger partial charge in [0.15, 0.2) is 0 Å². The van der Waals surface area contributed by atoms with Crippen LogP contribution in [0.3, 0.4) is 0 Å². The molecular weight excluding hydrogens is 242 g/mol. The normalized spacial score (nSPS) is 12.3. The first-order valence-electron chi connectivity index (χ1n) is 6.67. The Morgan fingerprint density at radius 3 is 2.74 bits per heavy atom.